The lowest BCUT2D eigenvalue weighted by Gasteiger charge is -2.12. The molecule has 1 saturated carbocycles. The normalized spacial score (nSPS) is 27.9. The van der Waals surface area contributed by atoms with Crippen LogP contribution in [0.4, 0.5) is 13.6 Å². The van der Waals surface area contributed by atoms with Crippen molar-refractivity contribution in [3.8, 4) is 0 Å². The van der Waals surface area contributed by atoms with Crippen LogP contribution in [0.25, 0.3) is 16.7 Å². The summed E-state index contributed by atoms with van der Waals surface area (Å²) in [5.41, 5.74) is 2.52. The summed E-state index contributed by atoms with van der Waals surface area (Å²) in [7, 11) is 1.60. The van der Waals surface area contributed by atoms with Crippen molar-refractivity contribution in [2.45, 2.75) is 25.3 Å². The number of amides is 1. The van der Waals surface area contributed by atoms with E-state index in [1.54, 1.807) is 13.1 Å². The van der Waals surface area contributed by atoms with E-state index in [0.29, 0.717) is 24.3 Å². The quantitative estimate of drug-likeness (QED) is 0.873. The average molecular weight is 390 g/mol. The number of carbonyl (C=O) groups is 1. The maximum Gasteiger partial charge on any atom is 0.407 e. The molecule has 28 heavy (non-hydrogen) atoms. The van der Waals surface area contributed by atoms with Gasteiger partial charge in [0.05, 0.1) is 11.2 Å². The van der Waals surface area contributed by atoms with Crippen LogP contribution in [-0.2, 0) is 13.6 Å². The van der Waals surface area contributed by atoms with Gasteiger partial charge in [0.25, 0.3) is 5.92 Å². The second-order valence-electron chi connectivity index (χ2n) is 8.16. The van der Waals surface area contributed by atoms with Gasteiger partial charge in [-0.2, -0.15) is 0 Å². The molecule has 1 N–H and O–H groups in total. The molecule has 2 fully saturated rings. The van der Waals surface area contributed by atoms with E-state index in [1.165, 1.54) is 14.0 Å². The molecule has 5 rings (SSSR count). The van der Waals surface area contributed by atoms with Crippen LogP contribution >= 0.6 is 0 Å². The van der Waals surface area contributed by atoms with E-state index in [1.807, 2.05) is 6.07 Å². The first kappa shape index (κ1) is 17.4. The van der Waals surface area contributed by atoms with Crippen LogP contribution in [0, 0.1) is 17.8 Å². The van der Waals surface area contributed by atoms with Crippen molar-refractivity contribution >= 4 is 22.8 Å². The molecule has 3 aliphatic rings. The molecule has 0 radical (unpaired) electrons. The molecule has 2 aromatic heterocycles. The molecule has 3 unspecified atom stereocenters. The van der Waals surface area contributed by atoms with E-state index in [2.05, 4.69) is 11.1 Å². The Balaban J connectivity index is 1.45. The maximum absolute atomic E-state index is 13.3. The highest BCUT2D eigenvalue weighted by Gasteiger charge is 2.57. The molecule has 2 aromatic rings. The number of alkyl halides is 2. The highest BCUT2D eigenvalue weighted by molar-refractivity contribution is 5.77. The van der Waals surface area contributed by atoms with Crippen LogP contribution in [0.2, 0.25) is 0 Å². The number of pyridine rings is 1. The summed E-state index contributed by atoms with van der Waals surface area (Å²) in [5.74, 6) is -3.02. The lowest BCUT2D eigenvalue weighted by atomic mass is 9.99. The number of hydrogen-bond acceptors (Lipinski definition) is 3. The van der Waals surface area contributed by atoms with Crippen LogP contribution in [0.5, 0.6) is 0 Å². The van der Waals surface area contributed by atoms with Gasteiger partial charge in [0, 0.05) is 44.9 Å². The Labute approximate surface area is 158 Å². The molecule has 2 aliphatic carbocycles. The SMILES string of the molecule is Cn1c(=O)n(CC2CC2(F)F)c2ccc(C3=CC4CN(C(=O)O)CC4C3)nc21. The number of imidazole rings is 1. The van der Waals surface area contributed by atoms with Crippen LogP contribution < -0.4 is 5.69 Å². The van der Waals surface area contributed by atoms with Gasteiger partial charge in [0.2, 0.25) is 0 Å². The van der Waals surface area contributed by atoms with E-state index >= 15 is 0 Å². The first-order valence-electron chi connectivity index (χ1n) is 9.37. The van der Waals surface area contributed by atoms with Gasteiger partial charge in [-0.3, -0.25) is 9.13 Å². The Hall–Kier alpha value is -2.71. The van der Waals surface area contributed by atoms with Crippen molar-refractivity contribution < 1.29 is 18.7 Å². The summed E-state index contributed by atoms with van der Waals surface area (Å²) in [4.78, 5) is 29.7. The van der Waals surface area contributed by atoms with Gasteiger partial charge in [0.1, 0.15) is 0 Å². The van der Waals surface area contributed by atoms with E-state index in [0.717, 1.165) is 17.7 Å². The van der Waals surface area contributed by atoms with Crippen molar-refractivity contribution in [3.63, 3.8) is 0 Å². The number of aromatic nitrogens is 3. The Bertz CT molecular complexity index is 1090. The number of hydrogen-bond donors (Lipinski definition) is 1. The predicted octanol–water partition coefficient (Wildman–Crippen LogP) is 2.40. The highest BCUT2D eigenvalue weighted by atomic mass is 19.3. The third-order valence-electron chi connectivity index (χ3n) is 6.33. The topological polar surface area (TPSA) is 80.4 Å². The van der Waals surface area contributed by atoms with Crippen molar-refractivity contribution in [3.05, 3.63) is 34.4 Å². The minimum atomic E-state index is -2.68. The van der Waals surface area contributed by atoms with Crippen LogP contribution in [-0.4, -0.2) is 49.2 Å². The van der Waals surface area contributed by atoms with Gasteiger partial charge in [-0.1, -0.05) is 6.08 Å². The molecule has 3 atom stereocenters. The largest absolute Gasteiger partial charge is 0.465 e. The Morgan fingerprint density at radius 1 is 1.36 bits per heavy atom. The Morgan fingerprint density at radius 3 is 2.75 bits per heavy atom. The molecule has 3 heterocycles. The molecule has 7 nitrogen and oxygen atoms in total. The molecule has 1 amide bonds. The summed E-state index contributed by atoms with van der Waals surface area (Å²) >= 11 is 0. The first-order valence-corrected chi connectivity index (χ1v) is 9.37. The molecular weight excluding hydrogens is 370 g/mol. The number of halogens is 2. The first-order chi connectivity index (χ1) is 13.2. The van der Waals surface area contributed by atoms with Crippen molar-refractivity contribution in [2.24, 2.45) is 24.8 Å². The summed E-state index contributed by atoms with van der Waals surface area (Å²) in [6.45, 7) is 1.02. The lowest BCUT2D eigenvalue weighted by molar-refractivity contribution is 0.0951. The molecule has 0 aromatic carbocycles. The van der Waals surface area contributed by atoms with E-state index in [4.69, 9.17) is 5.11 Å². The van der Waals surface area contributed by atoms with Crippen molar-refractivity contribution in [1.29, 1.82) is 0 Å². The fraction of sp³-hybridized carbons (Fsp3) is 0.526. The Morgan fingerprint density at radius 2 is 2.11 bits per heavy atom. The summed E-state index contributed by atoms with van der Waals surface area (Å²) in [6, 6.07) is 3.60. The minimum absolute atomic E-state index is 0.00205. The number of rotatable bonds is 3. The van der Waals surface area contributed by atoms with E-state index < -0.39 is 17.9 Å². The standard InChI is InChI=1S/C19H20F2N4O3/c1-23-16-15(25(17(23)26)9-13-6-19(13,20)21)3-2-14(22-16)10-4-11-7-24(18(27)28)8-12(11)5-10/h2-4,11-13H,5-9H2,1H3,(H,27,28). The third kappa shape index (κ3) is 2.56. The van der Waals surface area contributed by atoms with Crippen LogP contribution in [0.15, 0.2) is 23.0 Å². The molecule has 148 valence electrons. The number of aryl methyl sites for hydroxylation is 1. The van der Waals surface area contributed by atoms with E-state index in [-0.39, 0.29) is 30.5 Å². The molecular formula is C19H20F2N4O3. The third-order valence-corrected chi connectivity index (χ3v) is 6.33. The number of nitrogens with zero attached hydrogens (tertiary/aromatic N) is 4. The van der Waals surface area contributed by atoms with Crippen LogP contribution in [0.3, 0.4) is 0 Å². The van der Waals surface area contributed by atoms with Crippen molar-refractivity contribution in [1.82, 2.24) is 19.0 Å². The molecule has 0 spiro atoms. The van der Waals surface area contributed by atoms with E-state index in [9.17, 15) is 18.4 Å². The summed E-state index contributed by atoms with van der Waals surface area (Å²) < 4.78 is 29.4. The zero-order chi connectivity index (χ0) is 19.8. The van der Waals surface area contributed by atoms with Crippen molar-refractivity contribution in [2.75, 3.05) is 13.1 Å². The number of likely N-dealkylation sites (tertiary alicyclic amines) is 1. The van der Waals surface area contributed by atoms with Gasteiger partial charge in [-0.15, -0.1) is 0 Å². The van der Waals surface area contributed by atoms with Gasteiger partial charge >= 0.3 is 11.8 Å². The van der Waals surface area contributed by atoms with Crippen LogP contribution in [0.1, 0.15) is 18.5 Å². The zero-order valence-corrected chi connectivity index (χ0v) is 15.3. The fourth-order valence-electron chi connectivity index (χ4n) is 4.57. The molecule has 9 heteroatoms. The van der Waals surface area contributed by atoms with Gasteiger partial charge in [-0.05, 0) is 30.0 Å². The highest BCUT2D eigenvalue weighted by Crippen LogP contribution is 2.49. The molecule has 1 saturated heterocycles. The van der Waals surface area contributed by atoms with Gasteiger partial charge in [-0.25, -0.2) is 23.4 Å². The fourth-order valence-corrected chi connectivity index (χ4v) is 4.57. The maximum atomic E-state index is 13.3. The monoisotopic (exact) mass is 390 g/mol. The van der Waals surface area contributed by atoms with Gasteiger partial charge < -0.3 is 10.0 Å². The summed E-state index contributed by atoms with van der Waals surface area (Å²) in [6.07, 6.45) is 1.77. The number of carboxylic acid groups (broad SMARTS) is 1. The summed E-state index contributed by atoms with van der Waals surface area (Å²) in [5, 5.41) is 9.14. The smallest absolute Gasteiger partial charge is 0.407 e. The Kier molecular flexibility index (Phi) is 3.51. The predicted molar refractivity (Wildman–Crippen MR) is 97.2 cm³/mol. The average Bonchev–Trinajstić information content (AvgIpc) is 2.97. The minimum Gasteiger partial charge on any atom is -0.465 e. The number of allylic oxidation sites excluding steroid dienone is 1. The number of fused-ring (bicyclic) bond motifs is 2. The lowest BCUT2D eigenvalue weighted by Crippen LogP contribution is -2.27. The second kappa shape index (κ2) is 5.65. The second-order valence-corrected chi connectivity index (χ2v) is 8.16. The molecule has 0 bridgehead atoms. The van der Waals surface area contributed by atoms with Gasteiger partial charge in [0.15, 0.2) is 5.65 Å². The zero-order valence-electron chi connectivity index (χ0n) is 15.3. The molecule has 1 aliphatic heterocycles.